The van der Waals surface area contributed by atoms with Crippen molar-refractivity contribution >= 4 is 22.8 Å². The van der Waals surface area contributed by atoms with E-state index >= 15 is 0 Å². The van der Waals surface area contributed by atoms with Crippen LogP contribution < -0.4 is 16.6 Å². The highest BCUT2D eigenvalue weighted by atomic mass is 16.2. The third kappa shape index (κ3) is 2.47. The molecule has 3 rings (SSSR count). The largest absolute Gasteiger partial charge is 0.332 e. The lowest BCUT2D eigenvalue weighted by molar-refractivity contribution is 0.102. The summed E-state index contributed by atoms with van der Waals surface area (Å²) in [7, 11) is 2.90. The second-order valence-electron chi connectivity index (χ2n) is 5.42. The van der Waals surface area contributed by atoms with Gasteiger partial charge in [0.05, 0.1) is 10.9 Å². The van der Waals surface area contributed by atoms with Gasteiger partial charge < -0.3 is 5.32 Å². The summed E-state index contributed by atoms with van der Waals surface area (Å²) in [5, 5.41) is 2.88. The van der Waals surface area contributed by atoms with Crippen LogP contribution in [0.2, 0.25) is 0 Å². The standard InChI is InChI=1S/C16H15N5O3/c1-9-5-4-6-17-12(9)19-14(22)10-7-11-13(18-8-10)20(2)16(24)21(3)15(11)23/h4-8H,1-3H3,(H,17,19,22). The van der Waals surface area contributed by atoms with Crippen molar-refractivity contribution in [2.24, 2.45) is 14.1 Å². The van der Waals surface area contributed by atoms with E-state index in [1.165, 1.54) is 30.9 Å². The fraction of sp³-hybridized carbons (Fsp3) is 0.188. The van der Waals surface area contributed by atoms with E-state index in [1.807, 2.05) is 13.0 Å². The molecule has 122 valence electrons. The van der Waals surface area contributed by atoms with Crippen molar-refractivity contribution in [3.63, 3.8) is 0 Å². The number of nitrogens with one attached hydrogen (secondary N) is 1. The number of amides is 1. The molecule has 0 atom stereocenters. The molecule has 0 saturated heterocycles. The minimum atomic E-state index is -0.496. The Balaban J connectivity index is 2.08. The van der Waals surface area contributed by atoms with Crippen molar-refractivity contribution in [1.29, 1.82) is 0 Å². The van der Waals surface area contributed by atoms with E-state index in [-0.39, 0.29) is 16.6 Å². The van der Waals surface area contributed by atoms with Crippen LogP contribution in [0.15, 0.2) is 40.2 Å². The van der Waals surface area contributed by atoms with Gasteiger partial charge in [0.25, 0.3) is 11.5 Å². The third-order valence-electron chi connectivity index (χ3n) is 3.80. The molecular weight excluding hydrogens is 310 g/mol. The zero-order chi connectivity index (χ0) is 17.4. The molecule has 0 spiro atoms. The summed E-state index contributed by atoms with van der Waals surface area (Å²) < 4.78 is 2.25. The topological polar surface area (TPSA) is 98.9 Å². The molecule has 0 aliphatic rings. The highest BCUT2D eigenvalue weighted by Crippen LogP contribution is 2.13. The molecule has 0 unspecified atom stereocenters. The molecule has 1 amide bonds. The molecule has 3 heterocycles. The summed E-state index contributed by atoms with van der Waals surface area (Å²) >= 11 is 0. The number of fused-ring (bicyclic) bond motifs is 1. The van der Waals surface area contributed by atoms with Crippen molar-refractivity contribution in [2.75, 3.05) is 5.32 Å². The molecule has 0 fully saturated rings. The minimum absolute atomic E-state index is 0.199. The molecule has 8 nitrogen and oxygen atoms in total. The van der Waals surface area contributed by atoms with E-state index in [4.69, 9.17) is 0 Å². The number of aryl methyl sites for hydroxylation is 2. The van der Waals surface area contributed by atoms with Gasteiger partial charge in [0.15, 0.2) is 0 Å². The lowest BCUT2D eigenvalue weighted by Gasteiger charge is -2.09. The molecule has 8 heteroatoms. The summed E-state index contributed by atoms with van der Waals surface area (Å²) in [6, 6.07) is 5.03. The Hall–Kier alpha value is -3.29. The number of pyridine rings is 2. The second kappa shape index (κ2) is 5.73. The van der Waals surface area contributed by atoms with Gasteiger partial charge in [-0.15, -0.1) is 0 Å². The van der Waals surface area contributed by atoms with Crippen LogP contribution in [-0.2, 0) is 14.1 Å². The fourth-order valence-electron chi connectivity index (χ4n) is 2.39. The summed E-state index contributed by atoms with van der Waals surface area (Å²) in [4.78, 5) is 44.7. The van der Waals surface area contributed by atoms with Crippen LogP contribution in [0.1, 0.15) is 15.9 Å². The summed E-state index contributed by atoms with van der Waals surface area (Å²) in [6.45, 7) is 1.83. The fourth-order valence-corrected chi connectivity index (χ4v) is 2.39. The van der Waals surface area contributed by atoms with Gasteiger partial charge in [-0.1, -0.05) is 6.07 Å². The maximum atomic E-state index is 12.4. The number of nitrogens with zero attached hydrogens (tertiary/aromatic N) is 4. The first kappa shape index (κ1) is 15.6. The molecule has 0 bridgehead atoms. The van der Waals surface area contributed by atoms with Gasteiger partial charge in [0.2, 0.25) is 0 Å². The van der Waals surface area contributed by atoms with Crippen LogP contribution in [0.4, 0.5) is 5.82 Å². The maximum absolute atomic E-state index is 12.4. The number of aromatic nitrogens is 4. The van der Waals surface area contributed by atoms with E-state index in [1.54, 1.807) is 12.3 Å². The maximum Gasteiger partial charge on any atom is 0.332 e. The van der Waals surface area contributed by atoms with Gasteiger partial charge >= 0.3 is 5.69 Å². The van der Waals surface area contributed by atoms with Gasteiger partial charge in [-0.3, -0.25) is 18.7 Å². The normalized spacial score (nSPS) is 10.8. The zero-order valence-corrected chi connectivity index (χ0v) is 13.4. The first-order valence-corrected chi connectivity index (χ1v) is 7.19. The number of carbonyl (C=O) groups is 1. The van der Waals surface area contributed by atoms with Crippen LogP contribution in [-0.4, -0.2) is 25.0 Å². The van der Waals surface area contributed by atoms with E-state index < -0.39 is 17.2 Å². The predicted molar refractivity (Wildman–Crippen MR) is 89.2 cm³/mol. The predicted octanol–water partition coefficient (Wildman–Crippen LogP) is 0.588. The van der Waals surface area contributed by atoms with Crippen molar-refractivity contribution in [3.8, 4) is 0 Å². The van der Waals surface area contributed by atoms with E-state index in [2.05, 4.69) is 15.3 Å². The molecule has 24 heavy (non-hydrogen) atoms. The van der Waals surface area contributed by atoms with Gasteiger partial charge in [-0.2, -0.15) is 0 Å². The average molecular weight is 325 g/mol. The Bertz CT molecular complexity index is 1080. The van der Waals surface area contributed by atoms with Gasteiger partial charge in [0.1, 0.15) is 11.5 Å². The van der Waals surface area contributed by atoms with Crippen molar-refractivity contribution in [2.45, 2.75) is 6.92 Å². The Kier molecular flexibility index (Phi) is 3.72. The molecule has 3 aromatic heterocycles. The molecule has 0 saturated carbocycles. The SMILES string of the molecule is Cc1cccnc1NC(=O)c1cnc2c(c1)c(=O)n(C)c(=O)n2C. The molecule has 0 aliphatic heterocycles. The van der Waals surface area contributed by atoms with Crippen LogP contribution in [0.3, 0.4) is 0 Å². The van der Waals surface area contributed by atoms with E-state index in [0.717, 1.165) is 10.1 Å². The van der Waals surface area contributed by atoms with Gasteiger partial charge in [-0.25, -0.2) is 14.8 Å². The summed E-state index contributed by atoms with van der Waals surface area (Å²) in [5.74, 6) is 0.0121. The van der Waals surface area contributed by atoms with E-state index in [9.17, 15) is 14.4 Å². The zero-order valence-electron chi connectivity index (χ0n) is 13.4. The number of hydrogen-bond acceptors (Lipinski definition) is 5. The molecule has 3 aromatic rings. The van der Waals surface area contributed by atoms with Gasteiger partial charge in [0, 0.05) is 26.5 Å². The molecule has 0 radical (unpaired) electrons. The number of rotatable bonds is 2. The lowest BCUT2D eigenvalue weighted by Crippen LogP contribution is -2.37. The first-order valence-electron chi connectivity index (χ1n) is 7.19. The Morgan fingerprint density at radius 2 is 1.92 bits per heavy atom. The molecule has 0 aromatic carbocycles. The van der Waals surface area contributed by atoms with Gasteiger partial charge in [-0.05, 0) is 24.6 Å². The van der Waals surface area contributed by atoms with Crippen LogP contribution in [0, 0.1) is 6.92 Å². The van der Waals surface area contributed by atoms with Crippen LogP contribution in [0.5, 0.6) is 0 Å². The smallest absolute Gasteiger partial charge is 0.306 e. The van der Waals surface area contributed by atoms with Crippen molar-refractivity contribution < 1.29 is 4.79 Å². The second-order valence-corrected chi connectivity index (χ2v) is 5.42. The minimum Gasteiger partial charge on any atom is -0.306 e. The van der Waals surface area contributed by atoms with Crippen LogP contribution in [0.25, 0.3) is 11.0 Å². The summed E-state index contributed by atoms with van der Waals surface area (Å²) in [5.41, 5.74) is 0.292. The Morgan fingerprint density at radius 1 is 1.17 bits per heavy atom. The van der Waals surface area contributed by atoms with Crippen molar-refractivity contribution in [3.05, 3.63) is 62.6 Å². The average Bonchev–Trinajstić information content (AvgIpc) is 2.59. The summed E-state index contributed by atoms with van der Waals surface area (Å²) in [6.07, 6.45) is 2.90. The highest BCUT2D eigenvalue weighted by molar-refractivity contribution is 6.05. The van der Waals surface area contributed by atoms with E-state index in [0.29, 0.717) is 5.82 Å². The van der Waals surface area contributed by atoms with Crippen molar-refractivity contribution in [1.82, 2.24) is 19.1 Å². The highest BCUT2D eigenvalue weighted by Gasteiger charge is 2.14. The Labute approximate surface area is 136 Å². The lowest BCUT2D eigenvalue weighted by atomic mass is 10.2. The Morgan fingerprint density at radius 3 is 2.62 bits per heavy atom. The number of anilines is 1. The van der Waals surface area contributed by atoms with Crippen LogP contribution >= 0.6 is 0 Å². The third-order valence-corrected chi connectivity index (χ3v) is 3.80. The monoisotopic (exact) mass is 325 g/mol. The number of carbonyl (C=O) groups excluding carboxylic acids is 1. The molecular formula is C16H15N5O3. The molecule has 1 N–H and O–H groups in total. The quantitative estimate of drug-likeness (QED) is 0.743. The first-order chi connectivity index (χ1) is 11.4. The molecule has 0 aliphatic carbocycles. The number of hydrogen-bond donors (Lipinski definition) is 1.